The summed E-state index contributed by atoms with van der Waals surface area (Å²) >= 11 is 0. The Hall–Kier alpha value is -0.810. The van der Waals surface area contributed by atoms with E-state index in [9.17, 15) is 9.59 Å². The molecule has 146 valence electrons. The van der Waals surface area contributed by atoms with Gasteiger partial charge in [0.15, 0.2) is 0 Å². The molecule has 3 N–H and O–H groups in total. The van der Waals surface area contributed by atoms with Crippen LogP contribution >= 0.6 is 12.4 Å². The molecule has 6 heteroatoms. The fourth-order valence-corrected chi connectivity index (χ4v) is 3.95. The summed E-state index contributed by atoms with van der Waals surface area (Å²) in [5, 5.41) is 9.53. The summed E-state index contributed by atoms with van der Waals surface area (Å²) < 4.78 is 0. The third kappa shape index (κ3) is 7.14. The maximum Gasteiger partial charge on any atom is 0.245 e. The Bertz CT molecular complexity index is 405. The minimum Gasteiger partial charge on any atom is -0.354 e. The normalized spacial score (nSPS) is 20.4. The molecule has 0 spiro atoms. The fourth-order valence-electron chi connectivity index (χ4n) is 3.95. The van der Waals surface area contributed by atoms with E-state index in [0.29, 0.717) is 18.9 Å². The number of rotatable bonds is 8. The van der Waals surface area contributed by atoms with Crippen LogP contribution in [0.2, 0.25) is 0 Å². The number of unbranched alkanes of at least 4 members (excludes halogenated alkanes) is 1. The summed E-state index contributed by atoms with van der Waals surface area (Å²) in [7, 11) is 0. The Morgan fingerprint density at radius 2 is 1.80 bits per heavy atom. The zero-order chi connectivity index (χ0) is 17.3. The zero-order valence-electron chi connectivity index (χ0n) is 15.7. The highest BCUT2D eigenvalue weighted by atomic mass is 35.5. The zero-order valence-corrected chi connectivity index (χ0v) is 16.5. The molecule has 0 unspecified atom stereocenters. The number of carbonyl (C=O) groups excluding carboxylic acids is 2. The Kier molecular flexibility index (Phi) is 10.4. The van der Waals surface area contributed by atoms with E-state index in [1.807, 2.05) is 0 Å². The van der Waals surface area contributed by atoms with Gasteiger partial charge in [0.25, 0.3) is 0 Å². The molecule has 1 heterocycles. The first-order valence-corrected chi connectivity index (χ1v) is 9.96. The van der Waals surface area contributed by atoms with Crippen LogP contribution in [0.1, 0.15) is 77.6 Å². The molecular formula is C19H36ClN3O2. The molecule has 0 atom stereocenters. The van der Waals surface area contributed by atoms with E-state index in [-0.39, 0.29) is 24.2 Å². The molecule has 25 heavy (non-hydrogen) atoms. The lowest BCUT2D eigenvalue weighted by Crippen LogP contribution is -2.59. The van der Waals surface area contributed by atoms with Gasteiger partial charge in [-0.1, -0.05) is 32.6 Å². The van der Waals surface area contributed by atoms with Crippen molar-refractivity contribution in [3.8, 4) is 0 Å². The summed E-state index contributed by atoms with van der Waals surface area (Å²) in [6.45, 7) is 4.96. The van der Waals surface area contributed by atoms with Gasteiger partial charge in [-0.15, -0.1) is 12.4 Å². The lowest BCUT2D eigenvalue weighted by atomic mass is 9.80. The first-order chi connectivity index (χ1) is 11.7. The third-order valence-corrected chi connectivity index (χ3v) is 5.57. The second-order valence-electron chi connectivity index (χ2n) is 7.53. The van der Waals surface area contributed by atoms with Gasteiger partial charge < -0.3 is 16.0 Å². The summed E-state index contributed by atoms with van der Waals surface area (Å²) in [6.07, 6.45) is 10.7. The first kappa shape index (κ1) is 22.2. The minimum absolute atomic E-state index is 0. The van der Waals surface area contributed by atoms with Gasteiger partial charge in [0.05, 0.1) is 0 Å². The van der Waals surface area contributed by atoms with E-state index in [0.717, 1.165) is 77.3 Å². The fraction of sp³-hybridized carbons (Fsp3) is 0.895. The predicted molar refractivity (Wildman–Crippen MR) is 104 cm³/mol. The highest BCUT2D eigenvalue weighted by molar-refractivity contribution is 5.91. The van der Waals surface area contributed by atoms with Crippen LogP contribution in [-0.4, -0.2) is 37.0 Å². The number of hydrogen-bond donors (Lipinski definition) is 3. The lowest BCUT2D eigenvalue weighted by Gasteiger charge is -2.37. The van der Waals surface area contributed by atoms with Gasteiger partial charge in [-0.3, -0.25) is 9.59 Å². The van der Waals surface area contributed by atoms with E-state index < -0.39 is 5.54 Å². The molecule has 1 saturated carbocycles. The number of hydrogen-bond acceptors (Lipinski definition) is 3. The maximum atomic E-state index is 12.7. The molecule has 0 aromatic rings. The van der Waals surface area contributed by atoms with Gasteiger partial charge in [-0.05, 0) is 57.5 Å². The van der Waals surface area contributed by atoms with Crippen molar-refractivity contribution in [3.63, 3.8) is 0 Å². The van der Waals surface area contributed by atoms with Crippen molar-refractivity contribution in [2.24, 2.45) is 5.92 Å². The molecule has 0 aromatic carbocycles. The monoisotopic (exact) mass is 373 g/mol. The van der Waals surface area contributed by atoms with Gasteiger partial charge in [0, 0.05) is 13.0 Å². The number of piperidine rings is 1. The Labute approximate surface area is 158 Å². The van der Waals surface area contributed by atoms with Crippen LogP contribution in [0.4, 0.5) is 0 Å². The molecule has 1 aliphatic heterocycles. The number of nitrogens with one attached hydrogen (secondary N) is 3. The van der Waals surface area contributed by atoms with Crippen molar-refractivity contribution in [3.05, 3.63) is 0 Å². The van der Waals surface area contributed by atoms with Crippen molar-refractivity contribution >= 4 is 24.2 Å². The van der Waals surface area contributed by atoms with Gasteiger partial charge in [-0.25, -0.2) is 0 Å². The second-order valence-corrected chi connectivity index (χ2v) is 7.53. The maximum absolute atomic E-state index is 12.7. The molecule has 0 aromatic heterocycles. The van der Waals surface area contributed by atoms with Crippen molar-refractivity contribution < 1.29 is 9.59 Å². The molecule has 1 saturated heterocycles. The Morgan fingerprint density at radius 3 is 2.44 bits per heavy atom. The van der Waals surface area contributed by atoms with Crippen molar-refractivity contribution in [2.45, 2.75) is 83.1 Å². The summed E-state index contributed by atoms with van der Waals surface area (Å²) in [6, 6.07) is 0. The lowest BCUT2D eigenvalue weighted by molar-refractivity contribution is -0.135. The summed E-state index contributed by atoms with van der Waals surface area (Å²) in [5.74, 6) is 0.740. The smallest absolute Gasteiger partial charge is 0.245 e. The number of carbonyl (C=O) groups is 2. The van der Waals surface area contributed by atoms with Crippen LogP contribution in [-0.2, 0) is 9.59 Å². The van der Waals surface area contributed by atoms with Crippen LogP contribution in [0.15, 0.2) is 0 Å². The highest BCUT2D eigenvalue weighted by Crippen LogP contribution is 2.29. The minimum atomic E-state index is -0.656. The highest BCUT2D eigenvalue weighted by Gasteiger charge is 2.40. The van der Waals surface area contributed by atoms with E-state index in [1.54, 1.807) is 0 Å². The second kappa shape index (κ2) is 11.7. The third-order valence-electron chi connectivity index (χ3n) is 5.57. The van der Waals surface area contributed by atoms with Crippen molar-refractivity contribution in [1.29, 1.82) is 0 Å². The van der Waals surface area contributed by atoms with Crippen LogP contribution in [0.25, 0.3) is 0 Å². The van der Waals surface area contributed by atoms with Crippen LogP contribution in [0.3, 0.4) is 0 Å². The quantitative estimate of drug-likeness (QED) is 0.573. The molecule has 2 amide bonds. The summed E-state index contributed by atoms with van der Waals surface area (Å²) in [4.78, 5) is 25.2. The van der Waals surface area contributed by atoms with E-state index in [4.69, 9.17) is 0 Å². The van der Waals surface area contributed by atoms with Crippen molar-refractivity contribution in [1.82, 2.24) is 16.0 Å². The molecule has 2 aliphatic rings. The molecule has 2 fully saturated rings. The summed E-state index contributed by atoms with van der Waals surface area (Å²) in [5.41, 5.74) is -0.656. The van der Waals surface area contributed by atoms with Gasteiger partial charge in [0.2, 0.25) is 11.8 Å². The van der Waals surface area contributed by atoms with Crippen LogP contribution < -0.4 is 16.0 Å². The molecule has 0 bridgehead atoms. The Balaban J connectivity index is 0.00000312. The molecule has 5 nitrogen and oxygen atoms in total. The van der Waals surface area contributed by atoms with E-state index >= 15 is 0 Å². The topological polar surface area (TPSA) is 70.2 Å². The molecule has 2 rings (SSSR count). The van der Waals surface area contributed by atoms with Crippen LogP contribution in [0.5, 0.6) is 0 Å². The number of halogens is 1. The van der Waals surface area contributed by atoms with E-state index in [1.165, 1.54) is 0 Å². The molecule has 1 aliphatic carbocycles. The van der Waals surface area contributed by atoms with Gasteiger partial charge in [0.1, 0.15) is 5.54 Å². The SMILES string of the molecule is CCCCNC(=O)C1(NC(=O)CCC2CCNCC2)CCCCC1.Cl. The largest absolute Gasteiger partial charge is 0.354 e. The Morgan fingerprint density at radius 1 is 1.12 bits per heavy atom. The van der Waals surface area contributed by atoms with E-state index in [2.05, 4.69) is 22.9 Å². The van der Waals surface area contributed by atoms with Gasteiger partial charge >= 0.3 is 0 Å². The standard InChI is InChI=1S/C19H35N3O2.ClH/c1-2-3-13-21-18(24)19(11-5-4-6-12-19)22-17(23)8-7-16-9-14-20-15-10-16;/h16,20H,2-15H2,1H3,(H,21,24)(H,22,23);1H. The first-order valence-electron chi connectivity index (χ1n) is 9.96. The molecular weight excluding hydrogens is 338 g/mol. The van der Waals surface area contributed by atoms with Crippen LogP contribution in [0, 0.1) is 5.92 Å². The van der Waals surface area contributed by atoms with Crippen molar-refractivity contribution in [2.75, 3.05) is 19.6 Å². The van der Waals surface area contributed by atoms with Gasteiger partial charge in [-0.2, -0.15) is 0 Å². The number of amides is 2. The average molecular weight is 374 g/mol. The average Bonchev–Trinajstić information content (AvgIpc) is 2.62. The molecule has 0 radical (unpaired) electrons. The predicted octanol–water partition coefficient (Wildman–Crippen LogP) is 2.92.